The molecule has 1 unspecified atom stereocenters. The maximum absolute atomic E-state index is 12.8. The molecule has 0 spiro atoms. The van der Waals surface area contributed by atoms with Crippen molar-refractivity contribution < 1.29 is 28.6 Å². The van der Waals surface area contributed by atoms with Crippen molar-refractivity contribution in [3.05, 3.63) is 109 Å². The summed E-state index contributed by atoms with van der Waals surface area (Å²) < 4.78 is 16.7. The standard InChI is InChI=1S/C58H94O6/c1-4-7-10-13-16-19-22-25-28-29-31-33-36-39-42-45-48-51-57(60)63-54-55(53-62-56(59)50-47-44-41-38-35-32-27-24-21-18-15-12-9-6-3)64-58(61)52-49-46-43-40-37-34-30-26-23-20-17-14-11-8-5-2/h7,10,15-20,24-28,30-31,33,39,42,55H,4-6,8-9,11-14,21-23,29,32,34-38,40-41,43-54H2,1-3H3/b10-7-,18-15-,19-16-,20-17-,27-24-,28-25-,30-26-,33-31-,42-39-. The van der Waals surface area contributed by atoms with Crippen LogP contribution in [-0.2, 0) is 28.6 Å². The maximum Gasteiger partial charge on any atom is 0.306 e. The van der Waals surface area contributed by atoms with Gasteiger partial charge < -0.3 is 14.2 Å². The lowest BCUT2D eigenvalue weighted by molar-refractivity contribution is -0.167. The van der Waals surface area contributed by atoms with Crippen LogP contribution in [0.4, 0.5) is 0 Å². The van der Waals surface area contributed by atoms with Crippen molar-refractivity contribution in [1.29, 1.82) is 0 Å². The van der Waals surface area contributed by atoms with Crippen molar-refractivity contribution in [3.8, 4) is 0 Å². The molecule has 0 bridgehead atoms. The molecular weight excluding hydrogens is 793 g/mol. The highest BCUT2D eigenvalue weighted by Crippen LogP contribution is 2.12. The van der Waals surface area contributed by atoms with Crippen molar-refractivity contribution in [3.63, 3.8) is 0 Å². The highest BCUT2D eigenvalue weighted by Gasteiger charge is 2.19. The van der Waals surface area contributed by atoms with Gasteiger partial charge in [0.25, 0.3) is 0 Å². The molecule has 6 heteroatoms. The van der Waals surface area contributed by atoms with Crippen molar-refractivity contribution in [2.75, 3.05) is 13.2 Å². The zero-order chi connectivity index (χ0) is 46.5. The lowest BCUT2D eigenvalue weighted by Gasteiger charge is -2.18. The number of esters is 3. The van der Waals surface area contributed by atoms with Gasteiger partial charge in [-0.15, -0.1) is 0 Å². The van der Waals surface area contributed by atoms with Crippen LogP contribution in [0, 0.1) is 0 Å². The van der Waals surface area contributed by atoms with Gasteiger partial charge in [-0.1, -0.05) is 194 Å². The first-order chi connectivity index (χ1) is 31.5. The van der Waals surface area contributed by atoms with Gasteiger partial charge in [0.2, 0.25) is 0 Å². The van der Waals surface area contributed by atoms with Gasteiger partial charge in [-0.05, 0) is 116 Å². The molecule has 0 aliphatic rings. The highest BCUT2D eigenvalue weighted by atomic mass is 16.6. The van der Waals surface area contributed by atoms with E-state index in [0.29, 0.717) is 19.3 Å². The van der Waals surface area contributed by atoms with Crippen LogP contribution in [0.5, 0.6) is 0 Å². The molecule has 0 aromatic carbocycles. The van der Waals surface area contributed by atoms with Crippen molar-refractivity contribution >= 4 is 17.9 Å². The fourth-order valence-corrected chi connectivity index (χ4v) is 6.58. The number of hydrogen-bond acceptors (Lipinski definition) is 6. The summed E-state index contributed by atoms with van der Waals surface area (Å²) in [4.78, 5) is 38.0. The first-order valence-corrected chi connectivity index (χ1v) is 25.9. The first-order valence-electron chi connectivity index (χ1n) is 25.9. The van der Waals surface area contributed by atoms with Gasteiger partial charge in [-0.2, -0.15) is 0 Å². The summed E-state index contributed by atoms with van der Waals surface area (Å²) in [5, 5.41) is 0. The molecule has 0 saturated heterocycles. The molecule has 362 valence electrons. The summed E-state index contributed by atoms with van der Waals surface area (Å²) in [6.45, 7) is 6.37. The van der Waals surface area contributed by atoms with Gasteiger partial charge in [0.15, 0.2) is 6.10 Å². The Balaban J connectivity index is 4.54. The van der Waals surface area contributed by atoms with E-state index in [2.05, 4.69) is 130 Å². The highest BCUT2D eigenvalue weighted by molar-refractivity contribution is 5.71. The van der Waals surface area contributed by atoms with Crippen LogP contribution in [0.3, 0.4) is 0 Å². The van der Waals surface area contributed by atoms with Gasteiger partial charge in [0.1, 0.15) is 13.2 Å². The number of allylic oxidation sites excluding steroid dienone is 18. The molecular formula is C58H94O6. The van der Waals surface area contributed by atoms with Crippen LogP contribution >= 0.6 is 0 Å². The second kappa shape index (κ2) is 51.7. The van der Waals surface area contributed by atoms with Crippen LogP contribution in [0.2, 0.25) is 0 Å². The molecule has 0 rings (SSSR count). The molecule has 64 heavy (non-hydrogen) atoms. The first kappa shape index (κ1) is 60.1. The minimum atomic E-state index is -0.816. The van der Waals surface area contributed by atoms with Gasteiger partial charge in [0.05, 0.1) is 0 Å². The van der Waals surface area contributed by atoms with Gasteiger partial charge >= 0.3 is 17.9 Å². The quantitative estimate of drug-likeness (QED) is 0.0262. The Morgan fingerprint density at radius 2 is 0.641 bits per heavy atom. The average molecular weight is 887 g/mol. The molecule has 6 nitrogen and oxygen atoms in total. The molecule has 0 amide bonds. The third-order valence-corrected chi connectivity index (χ3v) is 10.5. The molecule has 0 aromatic heterocycles. The number of rotatable bonds is 45. The third kappa shape index (κ3) is 49.1. The second-order valence-electron chi connectivity index (χ2n) is 16.7. The number of carbonyl (C=O) groups is 3. The monoisotopic (exact) mass is 887 g/mol. The Labute approximate surface area is 393 Å². The van der Waals surface area contributed by atoms with Gasteiger partial charge in [-0.25, -0.2) is 0 Å². The second-order valence-corrected chi connectivity index (χ2v) is 16.7. The van der Waals surface area contributed by atoms with Crippen LogP contribution in [-0.4, -0.2) is 37.2 Å². The van der Waals surface area contributed by atoms with E-state index in [0.717, 1.165) is 128 Å². The zero-order valence-electron chi connectivity index (χ0n) is 41.3. The summed E-state index contributed by atoms with van der Waals surface area (Å²) in [5.74, 6) is -1.00. The molecule has 1 atom stereocenters. The Bertz CT molecular complexity index is 1340. The maximum atomic E-state index is 12.8. The molecule has 0 aliphatic heterocycles. The van der Waals surface area contributed by atoms with E-state index in [1.54, 1.807) is 0 Å². The van der Waals surface area contributed by atoms with E-state index in [1.165, 1.54) is 44.9 Å². The van der Waals surface area contributed by atoms with E-state index < -0.39 is 6.10 Å². The van der Waals surface area contributed by atoms with Gasteiger partial charge in [-0.3, -0.25) is 14.4 Å². The third-order valence-electron chi connectivity index (χ3n) is 10.5. The lowest BCUT2D eigenvalue weighted by atomic mass is 10.1. The molecule has 0 aromatic rings. The molecule has 0 saturated carbocycles. The summed E-state index contributed by atoms with van der Waals surface area (Å²) in [6.07, 6.45) is 69.3. The van der Waals surface area contributed by atoms with Crippen LogP contribution < -0.4 is 0 Å². The summed E-state index contributed by atoms with van der Waals surface area (Å²) >= 11 is 0. The van der Waals surface area contributed by atoms with Crippen molar-refractivity contribution in [2.45, 2.75) is 226 Å². The Morgan fingerprint density at radius 1 is 0.328 bits per heavy atom. The van der Waals surface area contributed by atoms with Gasteiger partial charge in [0, 0.05) is 19.3 Å². The summed E-state index contributed by atoms with van der Waals surface area (Å²) in [7, 11) is 0. The SMILES string of the molecule is CC/C=C\C/C=C\C/C=C\C/C=C\C/C=C\CCCC(=O)OCC(COC(=O)CCCCCCC/C=C\C/C=C\CCCC)OC(=O)CCCCCCC/C=C\C/C=C\CCCCC. The van der Waals surface area contributed by atoms with Crippen LogP contribution in [0.1, 0.15) is 220 Å². The van der Waals surface area contributed by atoms with E-state index in [9.17, 15) is 14.4 Å². The van der Waals surface area contributed by atoms with E-state index >= 15 is 0 Å². The molecule has 0 heterocycles. The molecule has 0 N–H and O–H groups in total. The van der Waals surface area contributed by atoms with E-state index in [4.69, 9.17) is 14.2 Å². The zero-order valence-corrected chi connectivity index (χ0v) is 41.3. The normalized spacial score (nSPS) is 13.0. The number of carbonyl (C=O) groups excluding carboxylic acids is 3. The minimum Gasteiger partial charge on any atom is -0.462 e. The molecule has 0 fully saturated rings. The smallest absolute Gasteiger partial charge is 0.306 e. The predicted molar refractivity (Wildman–Crippen MR) is 274 cm³/mol. The Kier molecular flexibility index (Phi) is 48.5. The molecule has 0 aliphatic carbocycles. The number of unbranched alkanes of at least 4 members (excludes halogenated alkanes) is 16. The predicted octanol–water partition coefficient (Wildman–Crippen LogP) is 17.1. The topological polar surface area (TPSA) is 78.9 Å². The summed E-state index contributed by atoms with van der Waals surface area (Å²) in [5.41, 5.74) is 0. The Hall–Kier alpha value is -3.93. The van der Waals surface area contributed by atoms with Crippen LogP contribution in [0.25, 0.3) is 0 Å². The molecule has 0 radical (unpaired) electrons. The average Bonchev–Trinajstić information content (AvgIpc) is 3.29. The summed E-state index contributed by atoms with van der Waals surface area (Å²) in [6, 6.07) is 0. The number of ether oxygens (including phenoxy) is 3. The minimum absolute atomic E-state index is 0.111. The largest absolute Gasteiger partial charge is 0.462 e. The van der Waals surface area contributed by atoms with Crippen molar-refractivity contribution in [1.82, 2.24) is 0 Å². The van der Waals surface area contributed by atoms with E-state index in [-0.39, 0.29) is 37.5 Å². The fourth-order valence-electron chi connectivity index (χ4n) is 6.58. The Morgan fingerprint density at radius 3 is 1.06 bits per heavy atom. The van der Waals surface area contributed by atoms with Crippen LogP contribution in [0.15, 0.2) is 109 Å². The number of hydrogen-bond donors (Lipinski definition) is 0. The lowest BCUT2D eigenvalue weighted by Crippen LogP contribution is -2.30. The van der Waals surface area contributed by atoms with Crippen molar-refractivity contribution in [2.24, 2.45) is 0 Å². The van der Waals surface area contributed by atoms with E-state index in [1.807, 2.05) is 0 Å². The fraction of sp³-hybridized carbons (Fsp3) is 0.638.